The highest BCUT2D eigenvalue weighted by atomic mass is 16.3. The maximum Gasteiger partial charge on any atom is 0.318 e. The molecule has 2 unspecified atom stereocenters. The van der Waals surface area contributed by atoms with Crippen LogP contribution in [0.15, 0.2) is 0 Å². The molecule has 17 heavy (non-hydrogen) atoms. The molecule has 98 valence electrons. The van der Waals surface area contributed by atoms with Gasteiger partial charge in [-0.15, -0.1) is 0 Å². The number of nitrogens with zero attached hydrogens (tertiary/aromatic N) is 1. The molecule has 0 aromatic rings. The van der Waals surface area contributed by atoms with E-state index in [1.165, 1.54) is 0 Å². The number of amides is 3. The average molecular weight is 243 g/mol. The molecule has 0 aliphatic carbocycles. The summed E-state index contributed by atoms with van der Waals surface area (Å²) in [6.07, 6.45) is 3.42. The first-order valence-corrected chi connectivity index (χ1v) is 6.00. The predicted octanol–water partition coefficient (Wildman–Crippen LogP) is -0.193. The van der Waals surface area contributed by atoms with Crippen LogP contribution in [-0.2, 0) is 4.79 Å². The van der Waals surface area contributed by atoms with E-state index < -0.39 is 6.03 Å². The second kappa shape index (κ2) is 6.56. The molecule has 1 aliphatic heterocycles. The van der Waals surface area contributed by atoms with Crippen molar-refractivity contribution in [1.82, 2.24) is 10.2 Å². The summed E-state index contributed by atoms with van der Waals surface area (Å²) in [4.78, 5) is 24.0. The summed E-state index contributed by atoms with van der Waals surface area (Å²) < 4.78 is 0. The number of urea groups is 1. The quantitative estimate of drug-likeness (QED) is 0.637. The molecule has 0 aromatic heterocycles. The molecular formula is C11H21N3O3. The molecular weight excluding hydrogens is 222 g/mol. The van der Waals surface area contributed by atoms with Crippen molar-refractivity contribution in [2.75, 3.05) is 13.1 Å². The molecule has 3 amide bonds. The van der Waals surface area contributed by atoms with Gasteiger partial charge >= 0.3 is 6.03 Å². The minimum atomic E-state index is -0.820. The Hall–Kier alpha value is -1.14. The summed E-state index contributed by atoms with van der Waals surface area (Å²) in [5.41, 5.74) is 4.88. The van der Waals surface area contributed by atoms with Gasteiger partial charge in [0.25, 0.3) is 0 Å². The highest BCUT2D eigenvalue weighted by Gasteiger charge is 2.25. The lowest BCUT2D eigenvalue weighted by atomic mass is 9.97. The van der Waals surface area contributed by atoms with E-state index in [-0.39, 0.29) is 24.6 Å². The number of carbonyl (C=O) groups excluding carboxylic acids is 2. The Kier molecular flexibility index (Phi) is 5.37. The molecule has 1 heterocycles. The smallest absolute Gasteiger partial charge is 0.318 e. The predicted molar refractivity (Wildman–Crippen MR) is 63.2 cm³/mol. The number of aliphatic hydroxyl groups is 1. The van der Waals surface area contributed by atoms with Crippen LogP contribution < -0.4 is 11.1 Å². The van der Waals surface area contributed by atoms with Crippen molar-refractivity contribution in [3.05, 3.63) is 0 Å². The van der Waals surface area contributed by atoms with Crippen LogP contribution in [0.5, 0.6) is 0 Å². The van der Waals surface area contributed by atoms with Crippen LogP contribution in [-0.4, -0.2) is 47.2 Å². The third kappa shape index (κ3) is 5.14. The highest BCUT2D eigenvalue weighted by molar-refractivity contribution is 5.94. The zero-order valence-corrected chi connectivity index (χ0v) is 10.2. The Labute approximate surface area is 101 Å². The molecule has 0 radical (unpaired) electrons. The number of piperidine rings is 1. The first kappa shape index (κ1) is 13.9. The summed E-state index contributed by atoms with van der Waals surface area (Å²) >= 11 is 0. The third-order valence-corrected chi connectivity index (χ3v) is 2.97. The third-order valence-electron chi connectivity index (χ3n) is 2.97. The molecule has 0 spiro atoms. The van der Waals surface area contributed by atoms with Crippen molar-refractivity contribution in [2.45, 2.75) is 44.8 Å². The van der Waals surface area contributed by atoms with Gasteiger partial charge in [0.2, 0.25) is 5.91 Å². The van der Waals surface area contributed by atoms with Gasteiger partial charge in [0.15, 0.2) is 0 Å². The molecule has 0 saturated carbocycles. The van der Waals surface area contributed by atoms with Gasteiger partial charge in [-0.05, 0) is 32.7 Å². The number of nitrogens with one attached hydrogen (secondary N) is 1. The van der Waals surface area contributed by atoms with Gasteiger partial charge in [-0.1, -0.05) is 6.42 Å². The Morgan fingerprint density at radius 3 is 2.82 bits per heavy atom. The van der Waals surface area contributed by atoms with Crippen LogP contribution in [0.1, 0.15) is 32.6 Å². The monoisotopic (exact) mass is 243 g/mol. The molecule has 1 aliphatic rings. The number of rotatable bonds is 4. The first-order chi connectivity index (χ1) is 7.99. The summed E-state index contributed by atoms with van der Waals surface area (Å²) in [7, 11) is 0. The summed E-state index contributed by atoms with van der Waals surface area (Å²) in [5.74, 6) is -0.380. The Morgan fingerprint density at radius 2 is 2.24 bits per heavy atom. The van der Waals surface area contributed by atoms with Crippen molar-refractivity contribution < 1.29 is 14.7 Å². The van der Waals surface area contributed by atoms with E-state index in [4.69, 9.17) is 5.73 Å². The Morgan fingerprint density at radius 1 is 1.53 bits per heavy atom. The van der Waals surface area contributed by atoms with Gasteiger partial charge in [-0.2, -0.15) is 0 Å². The zero-order valence-electron chi connectivity index (χ0n) is 10.2. The SMILES string of the molecule is CC(O)CC1CCCCN1CC(=O)NC(N)=O. The number of carbonyl (C=O) groups is 2. The van der Waals surface area contributed by atoms with E-state index in [0.29, 0.717) is 6.42 Å². The average Bonchev–Trinajstić information content (AvgIpc) is 2.18. The Balaban J connectivity index is 2.47. The number of imide groups is 1. The van der Waals surface area contributed by atoms with Gasteiger partial charge in [0.05, 0.1) is 12.6 Å². The molecule has 6 nitrogen and oxygen atoms in total. The van der Waals surface area contributed by atoms with Crippen LogP contribution in [0.4, 0.5) is 4.79 Å². The van der Waals surface area contributed by atoms with Crippen LogP contribution in [0.25, 0.3) is 0 Å². The summed E-state index contributed by atoms with van der Waals surface area (Å²) in [5, 5.41) is 11.5. The number of aliphatic hydroxyl groups excluding tert-OH is 1. The van der Waals surface area contributed by atoms with Gasteiger partial charge in [-0.3, -0.25) is 15.0 Å². The number of likely N-dealkylation sites (tertiary alicyclic amines) is 1. The van der Waals surface area contributed by atoms with E-state index in [1.807, 2.05) is 4.90 Å². The second-order valence-electron chi connectivity index (χ2n) is 4.62. The molecule has 1 fully saturated rings. The second-order valence-corrected chi connectivity index (χ2v) is 4.62. The number of nitrogens with two attached hydrogens (primary N) is 1. The fourth-order valence-electron chi connectivity index (χ4n) is 2.29. The minimum absolute atomic E-state index is 0.167. The number of hydrogen-bond acceptors (Lipinski definition) is 4. The molecule has 4 N–H and O–H groups in total. The van der Waals surface area contributed by atoms with Crippen molar-refractivity contribution in [2.24, 2.45) is 5.73 Å². The molecule has 1 saturated heterocycles. The fourth-order valence-corrected chi connectivity index (χ4v) is 2.29. The van der Waals surface area contributed by atoms with E-state index >= 15 is 0 Å². The number of primary amides is 1. The normalized spacial score (nSPS) is 23.1. The Bertz CT molecular complexity index is 281. The van der Waals surface area contributed by atoms with Gasteiger partial charge < -0.3 is 10.8 Å². The lowest BCUT2D eigenvalue weighted by Gasteiger charge is -2.35. The maximum absolute atomic E-state index is 11.4. The highest BCUT2D eigenvalue weighted by Crippen LogP contribution is 2.20. The topological polar surface area (TPSA) is 95.7 Å². The van der Waals surface area contributed by atoms with E-state index in [0.717, 1.165) is 25.8 Å². The molecule has 2 atom stereocenters. The molecule has 6 heteroatoms. The van der Waals surface area contributed by atoms with Gasteiger partial charge in [-0.25, -0.2) is 4.79 Å². The minimum Gasteiger partial charge on any atom is -0.393 e. The van der Waals surface area contributed by atoms with Crippen LogP contribution in [0.2, 0.25) is 0 Å². The van der Waals surface area contributed by atoms with Gasteiger partial charge in [0, 0.05) is 6.04 Å². The first-order valence-electron chi connectivity index (χ1n) is 6.00. The van der Waals surface area contributed by atoms with E-state index in [9.17, 15) is 14.7 Å². The van der Waals surface area contributed by atoms with Crippen molar-refractivity contribution >= 4 is 11.9 Å². The van der Waals surface area contributed by atoms with Crippen LogP contribution in [0, 0.1) is 0 Å². The van der Waals surface area contributed by atoms with E-state index in [1.54, 1.807) is 6.92 Å². The lowest BCUT2D eigenvalue weighted by Crippen LogP contribution is -2.48. The van der Waals surface area contributed by atoms with Crippen molar-refractivity contribution in [1.29, 1.82) is 0 Å². The molecule has 0 bridgehead atoms. The summed E-state index contributed by atoms with van der Waals surface area (Å²) in [6, 6.07) is -0.610. The molecule has 0 aromatic carbocycles. The largest absolute Gasteiger partial charge is 0.393 e. The maximum atomic E-state index is 11.4. The zero-order chi connectivity index (χ0) is 12.8. The lowest BCUT2D eigenvalue weighted by molar-refractivity contribution is -0.122. The summed E-state index contributed by atoms with van der Waals surface area (Å²) in [6.45, 7) is 2.74. The number of hydrogen-bond donors (Lipinski definition) is 3. The van der Waals surface area contributed by atoms with Gasteiger partial charge in [0.1, 0.15) is 0 Å². The van der Waals surface area contributed by atoms with Crippen molar-refractivity contribution in [3.63, 3.8) is 0 Å². The molecule has 1 rings (SSSR count). The van der Waals surface area contributed by atoms with E-state index in [2.05, 4.69) is 5.32 Å². The van der Waals surface area contributed by atoms with Crippen molar-refractivity contribution in [3.8, 4) is 0 Å². The fraction of sp³-hybridized carbons (Fsp3) is 0.818. The van der Waals surface area contributed by atoms with Crippen LogP contribution >= 0.6 is 0 Å². The van der Waals surface area contributed by atoms with Crippen LogP contribution in [0.3, 0.4) is 0 Å². The standard InChI is InChI=1S/C11H21N3O3/c1-8(15)6-9-4-2-3-5-14(9)7-10(16)13-11(12)17/h8-9,15H,2-7H2,1H3,(H3,12,13,16,17).